The van der Waals surface area contributed by atoms with E-state index in [2.05, 4.69) is 74.3 Å². The normalized spacial score (nSPS) is 11.4. The number of anilines is 1. The highest BCUT2D eigenvalue weighted by atomic mass is 32.1. The Balaban J connectivity index is 3.18. The third-order valence-corrected chi connectivity index (χ3v) is 3.16. The lowest BCUT2D eigenvalue weighted by Crippen LogP contribution is -2.20. The maximum atomic E-state index is 4.96. The zero-order valence-corrected chi connectivity index (χ0v) is 14.1. The zero-order valence-electron chi connectivity index (χ0n) is 13.2. The van der Waals surface area contributed by atoms with Gasteiger partial charge in [0.15, 0.2) is 0 Å². The number of rotatable bonds is 7. The molecular formula is C14H25N3O2S. The Morgan fingerprint density at radius 2 is 1.40 bits per heavy atom. The van der Waals surface area contributed by atoms with Crippen LogP contribution in [-0.2, 0) is 22.4 Å². The fourth-order valence-electron chi connectivity index (χ4n) is 2.11. The quantitative estimate of drug-likeness (QED) is 0.361. The molecule has 1 aromatic carbocycles. The van der Waals surface area contributed by atoms with Crippen molar-refractivity contribution in [1.82, 2.24) is 9.80 Å². The van der Waals surface area contributed by atoms with E-state index in [9.17, 15) is 0 Å². The molecule has 0 fully saturated rings. The highest BCUT2D eigenvalue weighted by Gasteiger charge is 2.12. The van der Waals surface area contributed by atoms with Gasteiger partial charge in [-0.1, -0.05) is 4.99 Å². The monoisotopic (exact) mass is 299 g/mol. The minimum Gasteiger partial charge on any atom is -0.305 e. The standard InChI is InChI=1S/C14H25N3O2S/c1-11-12(9-15(2)3)7-14(17(6)18-19-20)8-13(11)10-16(4)5/h7-8,20H,9-10H2,1-6H3. The number of benzene rings is 1. The molecule has 0 aliphatic rings. The molecule has 0 atom stereocenters. The summed E-state index contributed by atoms with van der Waals surface area (Å²) < 4.78 is 4.43. The topological polar surface area (TPSA) is 28.2 Å². The second-order valence-corrected chi connectivity index (χ2v) is 5.66. The van der Waals surface area contributed by atoms with E-state index in [1.165, 1.54) is 16.7 Å². The van der Waals surface area contributed by atoms with Crippen molar-refractivity contribution in [2.75, 3.05) is 40.3 Å². The van der Waals surface area contributed by atoms with Crippen LogP contribution >= 0.6 is 12.9 Å². The molecule has 0 aliphatic heterocycles. The Morgan fingerprint density at radius 3 is 1.75 bits per heavy atom. The van der Waals surface area contributed by atoms with Crippen molar-refractivity contribution in [1.29, 1.82) is 0 Å². The summed E-state index contributed by atoms with van der Waals surface area (Å²) in [4.78, 5) is 9.27. The molecule has 1 rings (SSSR count). The van der Waals surface area contributed by atoms with Crippen molar-refractivity contribution in [2.45, 2.75) is 20.0 Å². The van der Waals surface area contributed by atoms with E-state index in [-0.39, 0.29) is 0 Å². The van der Waals surface area contributed by atoms with Crippen LogP contribution in [0.5, 0.6) is 0 Å². The fraction of sp³-hybridized carbons (Fsp3) is 0.571. The lowest BCUT2D eigenvalue weighted by Gasteiger charge is -2.22. The van der Waals surface area contributed by atoms with Gasteiger partial charge in [-0.2, -0.15) is 0 Å². The molecule has 114 valence electrons. The molecule has 0 radical (unpaired) electrons. The Bertz CT molecular complexity index is 407. The van der Waals surface area contributed by atoms with Gasteiger partial charge < -0.3 is 9.80 Å². The maximum Gasteiger partial charge on any atom is 0.0670 e. The van der Waals surface area contributed by atoms with Gasteiger partial charge in [0.2, 0.25) is 0 Å². The zero-order chi connectivity index (χ0) is 15.3. The molecule has 0 saturated heterocycles. The molecule has 0 saturated carbocycles. The molecule has 0 heterocycles. The van der Waals surface area contributed by atoms with E-state index in [0.29, 0.717) is 0 Å². The summed E-state index contributed by atoms with van der Waals surface area (Å²) in [7, 11) is 10.0. The lowest BCUT2D eigenvalue weighted by molar-refractivity contribution is -0.196. The van der Waals surface area contributed by atoms with Crippen molar-refractivity contribution >= 4 is 18.6 Å². The van der Waals surface area contributed by atoms with Gasteiger partial charge in [0.05, 0.1) is 5.69 Å². The molecule has 6 heteroatoms. The summed E-state index contributed by atoms with van der Waals surface area (Å²) in [6.45, 7) is 3.93. The van der Waals surface area contributed by atoms with Crippen LogP contribution in [0.3, 0.4) is 0 Å². The smallest absolute Gasteiger partial charge is 0.0670 e. The van der Waals surface area contributed by atoms with E-state index in [0.717, 1.165) is 18.8 Å². The van der Waals surface area contributed by atoms with Crippen LogP contribution in [0.4, 0.5) is 5.69 Å². The Hall–Kier alpha value is -0.790. The summed E-state index contributed by atoms with van der Waals surface area (Å²) in [5.41, 5.74) is 4.81. The number of hydrogen-bond acceptors (Lipinski definition) is 6. The summed E-state index contributed by atoms with van der Waals surface area (Å²) in [5, 5.41) is 1.56. The van der Waals surface area contributed by atoms with E-state index in [1.807, 2.05) is 0 Å². The molecule has 0 spiro atoms. The minimum atomic E-state index is 0.885. The van der Waals surface area contributed by atoms with Gasteiger partial charge in [0.25, 0.3) is 0 Å². The van der Waals surface area contributed by atoms with Gasteiger partial charge in [0.1, 0.15) is 0 Å². The number of thiol groups is 1. The molecule has 5 nitrogen and oxygen atoms in total. The first-order chi connectivity index (χ1) is 9.35. The van der Waals surface area contributed by atoms with Crippen molar-refractivity contribution in [2.24, 2.45) is 0 Å². The van der Waals surface area contributed by atoms with Crippen LogP contribution in [0.2, 0.25) is 0 Å². The molecule has 1 aromatic rings. The summed E-state index contributed by atoms with van der Waals surface area (Å²) >= 11 is 3.61. The van der Waals surface area contributed by atoms with Crippen molar-refractivity contribution in [3.8, 4) is 0 Å². The Labute approximate surface area is 127 Å². The average molecular weight is 299 g/mol. The van der Waals surface area contributed by atoms with E-state index in [4.69, 9.17) is 4.99 Å². The maximum absolute atomic E-state index is 4.96. The van der Waals surface area contributed by atoms with Crippen LogP contribution < -0.4 is 5.06 Å². The Morgan fingerprint density at radius 1 is 0.950 bits per heavy atom. The van der Waals surface area contributed by atoms with Gasteiger partial charge in [-0.25, -0.2) is 5.06 Å². The molecule has 0 aromatic heterocycles. The average Bonchev–Trinajstić information content (AvgIpc) is 2.33. The molecular weight excluding hydrogens is 274 g/mol. The van der Waals surface area contributed by atoms with Crippen LogP contribution in [-0.4, -0.2) is 45.0 Å². The van der Waals surface area contributed by atoms with E-state index in [1.54, 1.807) is 12.1 Å². The SMILES string of the molecule is Cc1c(CN(C)C)cc(N(C)OOS)cc1CN(C)C. The summed E-state index contributed by atoms with van der Waals surface area (Å²) in [6.07, 6.45) is 0. The molecule has 20 heavy (non-hydrogen) atoms. The highest BCUT2D eigenvalue weighted by Crippen LogP contribution is 2.25. The van der Waals surface area contributed by atoms with Crippen LogP contribution in [0, 0.1) is 6.92 Å². The third kappa shape index (κ3) is 4.96. The van der Waals surface area contributed by atoms with Gasteiger partial charge in [-0.05, 0) is 63.9 Å². The first kappa shape index (κ1) is 17.3. The predicted molar refractivity (Wildman–Crippen MR) is 85.5 cm³/mol. The fourth-order valence-corrected chi connectivity index (χ4v) is 2.21. The van der Waals surface area contributed by atoms with E-state index < -0.39 is 0 Å². The van der Waals surface area contributed by atoms with Crippen molar-refractivity contribution < 1.29 is 9.32 Å². The van der Waals surface area contributed by atoms with Crippen LogP contribution in [0.1, 0.15) is 16.7 Å². The number of hydroxylamine groups is 1. The molecule has 0 amide bonds. The van der Waals surface area contributed by atoms with Crippen LogP contribution in [0.15, 0.2) is 12.1 Å². The minimum absolute atomic E-state index is 0.885. The number of nitrogens with zero attached hydrogens (tertiary/aromatic N) is 3. The van der Waals surface area contributed by atoms with Gasteiger partial charge in [0, 0.05) is 33.0 Å². The highest BCUT2D eigenvalue weighted by molar-refractivity contribution is 7.74. The second-order valence-electron chi connectivity index (χ2n) is 5.51. The molecule has 0 N–H and O–H groups in total. The number of hydrogen-bond donors (Lipinski definition) is 1. The molecule has 0 aliphatic carbocycles. The summed E-state index contributed by atoms with van der Waals surface area (Å²) in [5.74, 6) is 0. The third-order valence-electron chi connectivity index (χ3n) is 3.09. The Kier molecular flexibility index (Phi) is 6.78. The first-order valence-corrected chi connectivity index (χ1v) is 6.85. The summed E-state index contributed by atoms with van der Waals surface area (Å²) in [6, 6.07) is 4.22. The van der Waals surface area contributed by atoms with Crippen molar-refractivity contribution in [3.05, 3.63) is 28.8 Å². The lowest BCUT2D eigenvalue weighted by atomic mass is 10.00. The second kappa shape index (κ2) is 7.85. The van der Waals surface area contributed by atoms with E-state index >= 15 is 0 Å². The van der Waals surface area contributed by atoms with Gasteiger partial charge in [-0.3, -0.25) is 0 Å². The molecule has 0 unspecified atom stereocenters. The molecule has 0 bridgehead atoms. The first-order valence-electron chi connectivity index (χ1n) is 6.49. The van der Waals surface area contributed by atoms with Gasteiger partial charge >= 0.3 is 0 Å². The van der Waals surface area contributed by atoms with Crippen molar-refractivity contribution in [3.63, 3.8) is 0 Å². The van der Waals surface area contributed by atoms with Gasteiger partial charge in [-0.15, -0.1) is 4.33 Å². The van der Waals surface area contributed by atoms with Crippen LogP contribution in [0.25, 0.3) is 0 Å². The predicted octanol–water partition coefficient (Wildman–Crippen LogP) is 2.26. The largest absolute Gasteiger partial charge is 0.305 e.